The summed E-state index contributed by atoms with van der Waals surface area (Å²) in [5, 5.41) is 2.73. The van der Waals surface area contributed by atoms with Crippen molar-refractivity contribution >= 4 is 39.4 Å². The SMILES string of the molecule is COC(=O)C(NC(=O)C1CC(=O)N(c2ccccc2Br)C1)c1ccccc1. The number of ether oxygens (including phenoxy) is 1. The van der Waals surface area contributed by atoms with E-state index in [0.717, 1.165) is 10.2 Å². The van der Waals surface area contributed by atoms with Crippen LogP contribution in [0.3, 0.4) is 0 Å². The molecule has 27 heavy (non-hydrogen) atoms. The first-order valence-electron chi connectivity index (χ1n) is 8.49. The highest BCUT2D eigenvalue weighted by molar-refractivity contribution is 9.10. The number of hydrogen-bond donors (Lipinski definition) is 1. The van der Waals surface area contributed by atoms with Gasteiger partial charge in [-0.1, -0.05) is 42.5 Å². The van der Waals surface area contributed by atoms with E-state index >= 15 is 0 Å². The van der Waals surface area contributed by atoms with Crippen LogP contribution in [0.1, 0.15) is 18.0 Å². The van der Waals surface area contributed by atoms with E-state index in [-0.39, 0.29) is 24.8 Å². The topological polar surface area (TPSA) is 75.7 Å². The number of nitrogens with one attached hydrogen (secondary N) is 1. The van der Waals surface area contributed by atoms with E-state index in [9.17, 15) is 14.4 Å². The highest BCUT2D eigenvalue weighted by Gasteiger charge is 2.37. The monoisotopic (exact) mass is 430 g/mol. The van der Waals surface area contributed by atoms with Gasteiger partial charge in [0.15, 0.2) is 6.04 Å². The molecule has 6 nitrogen and oxygen atoms in total. The maximum Gasteiger partial charge on any atom is 0.333 e. The summed E-state index contributed by atoms with van der Waals surface area (Å²) in [6, 6.07) is 15.3. The van der Waals surface area contributed by atoms with Crippen LogP contribution in [0.15, 0.2) is 59.1 Å². The van der Waals surface area contributed by atoms with Crippen LogP contribution in [0.25, 0.3) is 0 Å². The van der Waals surface area contributed by atoms with Crippen molar-refractivity contribution in [3.8, 4) is 0 Å². The summed E-state index contributed by atoms with van der Waals surface area (Å²) in [6.45, 7) is 0.260. The van der Waals surface area contributed by atoms with E-state index < -0.39 is 17.9 Å². The summed E-state index contributed by atoms with van der Waals surface area (Å²) < 4.78 is 5.61. The Morgan fingerprint density at radius 3 is 2.48 bits per heavy atom. The van der Waals surface area contributed by atoms with Crippen molar-refractivity contribution in [3.63, 3.8) is 0 Å². The summed E-state index contributed by atoms with van der Waals surface area (Å²) in [4.78, 5) is 38.9. The Kier molecular flexibility index (Phi) is 5.91. The standard InChI is InChI=1S/C20H19BrN2O4/c1-27-20(26)18(13-7-3-2-4-8-13)22-19(25)14-11-17(24)23(12-14)16-10-6-5-9-15(16)21/h2-10,14,18H,11-12H2,1H3,(H,22,25). The number of halogens is 1. The molecule has 2 amide bonds. The Morgan fingerprint density at radius 2 is 1.81 bits per heavy atom. The molecule has 140 valence electrons. The predicted octanol–water partition coefficient (Wildman–Crippen LogP) is 2.83. The lowest BCUT2D eigenvalue weighted by atomic mass is 10.0. The third-order valence-corrected chi connectivity index (χ3v) is 5.17. The van der Waals surface area contributed by atoms with Gasteiger partial charge in [-0.25, -0.2) is 4.79 Å². The van der Waals surface area contributed by atoms with Crippen molar-refractivity contribution in [2.45, 2.75) is 12.5 Å². The molecule has 3 rings (SSSR count). The van der Waals surface area contributed by atoms with E-state index in [1.807, 2.05) is 30.3 Å². The number of hydrogen-bond acceptors (Lipinski definition) is 4. The van der Waals surface area contributed by atoms with Gasteiger partial charge in [0.1, 0.15) is 0 Å². The minimum absolute atomic E-state index is 0.0931. The molecule has 1 aliphatic rings. The van der Waals surface area contributed by atoms with Crippen molar-refractivity contribution in [1.29, 1.82) is 0 Å². The first-order valence-corrected chi connectivity index (χ1v) is 9.28. The van der Waals surface area contributed by atoms with Crippen molar-refractivity contribution < 1.29 is 19.1 Å². The highest BCUT2D eigenvalue weighted by atomic mass is 79.9. The lowest BCUT2D eigenvalue weighted by Gasteiger charge is -2.20. The molecular formula is C20H19BrN2O4. The van der Waals surface area contributed by atoms with Crippen LogP contribution in [-0.2, 0) is 19.1 Å². The van der Waals surface area contributed by atoms with Crippen molar-refractivity contribution in [2.75, 3.05) is 18.6 Å². The van der Waals surface area contributed by atoms with Crippen LogP contribution in [0, 0.1) is 5.92 Å². The summed E-state index contributed by atoms with van der Waals surface area (Å²) in [6.07, 6.45) is 0.0931. The third kappa shape index (κ3) is 4.19. The second-order valence-electron chi connectivity index (χ2n) is 6.23. The Balaban J connectivity index is 1.75. The largest absolute Gasteiger partial charge is 0.467 e. The summed E-state index contributed by atoms with van der Waals surface area (Å²) >= 11 is 3.43. The molecule has 0 saturated carbocycles. The number of methoxy groups -OCH3 is 1. The van der Waals surface area contributed by atoms with Crippen molar-refractivity contribution in [3.05, 3.63) is 64.6 Å². The number of nitrogens with zero attached hydrogens (tertiary/aromatic N) is 1. The van der Waals surface area contributed by atoms with E-state index in [1.54, 1.807) is 29.2 Å². The first kappa shape index (κ1) is 19.1. The first-order chi connectivity index (χ1) is 13.0. The summed E-state index contributed by atoms with van der Waals surface area (Å²) in [7, 11) is 1.28. The molecule has 0 aliphatic carbocycles. The number of para-hydroxylation sites is 1. The molecule has 1 aliphatic heterocycles. The average Bonchev–Trinajstić information content (AvgIpc) is 3.08. The fourth-order valence-corrected chi connectivity index (χ4v) is 3.59. The number of anilines is 1. The second-order valence-corrected chi connectivity index (χ2v) is 7.09. The summed E-state index contributed by atoms with van der Waals surface area (Å²) in [5.74, 6) is -1.57. The molecule has 1 N–H and O–H groups in total. The zero-order valence-corrected chi connectivity index (χ0v) is 16.3. The average molecular weight is 431 g/mol. The maximum atomic E-state index is 12.7. The van der Waals surface area contributed by atoms with E-state index in [4.69, 9.17) is 4.74 Å². The van der Waals surface area contributed by atoms with Gasteiger partial charge in [-0.05, 0) is 33.6 Å². The zero-order valence-electron chi connectivity index (χ0n) is 14.7. The van der Waals surface area contributed by atoms with Gasteiger partial charge in [0, 0.05) is 17.4 Å². The molecule has 2 unspecified atom stereocenters. The molecule has 0 spiro atoms. The third-order valence-electron chi connectivity index (χ3n) is 4.50. The zero-order chi connectivity index (χ0) is 19.4. The minimum atomic E-state index is -0.906. The van der Waals surface area contributed by atoms with Crippen molar-refractivity contribution in [2.24, 2.45) is 5.92 Å². The number of esters is 1. The Labute approximate surface area is 165 Å². The molecule has 1 fully saturated rings. The summed E-state index contributed by atoms with van der Waals surface area (Å²) in [5.41, 5.74) is 1.36. The molecule has 0 bridgehead atoms. The number of carbonyl (C=O) groups is 3. The fraction of sp³-hybridized carbons (Fsp3) is 0.250. The van der Waals surface area contributed by atoms with Gasteiger partial charge in [-0.15, -0.1) is 0 Å². The number of benzene rings is 2. The van der Waals surface area contributed by atoms with E-state index in [0.29, 0.717) is 5.56 Å². The molecule has 0 radical (unpaired) electrons. The Hall–Kier alpha value is -2.67. The Morgan fingerprint density at radius 1 is 1.15 bits per heavy atom. The van der Waals surface area contributed by atoms with Crippen LogP contribution >= 0.6 is 15.9 Å². The minimum Gasteiger partial charge on any atom is -0.467 e. The van der Waals surface area contributed by atoms with Crippen LogP contribution in [0.2, 0.25) is 0 Å². The van der Waals surface area contributed by atoms with Gasteiger partial charge in [-0.2, -0.15) is 0 Å². The fourth-order valence-electron chi connectivity index (χ4n) is 3.09. The number of amides is 2. The van der Waals surface area contributed by atoms with Gasteiger partial charge in [0.25, 0.3) is 0 Å². The molecule has 1 heterocycles. The number of carbonyl (C=O) groups excluding carboxylic acids is 3. The van der Waals surface area contributed by atoms with Gasteiger partial charge in [-0.3, -0.25) is 9.59 Å². The molecule has 1 saturated heterocycles. The van der Waals surface area contributed by atoms with Gasteiger partial charge < -0.3 is 15.0 Å². The lowest BCUT2D eigenvalue weighted by Crippen LogP contribution is -2.39. The molecular weight excluding hydrogens is 412 g/mol. The highest BCUT2D eigenvalue weighted by Crippen LogP contribution is 2.31. The maximum absolute atomic E-state index is 12.7. The number of rotatable bonds is 5. The molecule has 0 aromatic heterocycles. The molecule has 2 aromatic rings. The van der Waals surface area contributed by atoms with Gasteiger partial charge in [0.05, 0.1) is 18.7 Å². The Bertz CT molecular complexity index is 856. The van der Waals surface area contributed by atoms with Gasteiger partial charge >= 0.3 is 5.97 Å². The van der Waals surface area contributed by atoms with Crippen LogP contribution < -0.4 is 10.2 Å². The normalized spacial score (nSPS) is 17.5. The molecule has 7 heteroatoms. The van der Waals surface area contributed by atoms with Crippen molar-refractivity contribution in [1.82, 2.24) is 5.32 Å². The van der Waals surface area contributed by atoms with Crippen LogP contribution in [-0.4, -0.2) is 31.4 Å². The molecule has 2 atom stereocenters. The molecule has 2 aromatic carbocycles. The smallest absolute Gasteiger partial charge is 0.333 e. The predicted molar refractivity (Wildman–Crippen MR) is 104 cm³/mol. The van der Waals surface area contributed by atoms with Crippen LogP contribution in [0.4, 0.5) is 5.69 Å². The quantitative estimate of drug-likeness (QED) is 0.739. The van der Waals surface area contributed by atoms with E-state index in [1.165, 1.54) is 7.11 Å². The van der Waals surface area contributed by atoms with Gasteiger partial charge in [0.2, 0.25) is 11.8 Å². The van der Waals surface area contributed by atoms with E-state index in [2.05, 4.69) is 21.2 Å². The van der Waals surface area contributed by atoms with Crippen LogP contribution in [0.5, 0.6) is 0 Å². The second kappa shape index (κ2) is 8.35. The lowest BCUT2D eigenvalue weighted by molar-refractivity contribution is -0.145.